The van der Waals surface area contributed by atoms with E-state index in [9.17, 15) is 27.9 Å². The number of halogens is 3. The van der Waals surface area contributed by atoms with Crippen LogP contribution in [0.2, 0.25) is 0 Å². The van der Waals surface area contributed by atoms with Crippen LogP contribution in [0.3, 0.4) is 0 Å². The van der Waals surface area contributed by atoms with Gasteiger partial charge >= 0.3 is 18.1 Å². The molecule has 0 saturated carbocycles. The molecule has 0 aromatic heterocycles. The van der Waals surface area contributed by atoms with Crippen molar-refractivity contribution in [1.29, 1.82) is 5.26 Å². The highest BCUT2D eigenvalue weighted by molar-refractivity contribution is 5.98. The highest BCUT2D eigenvalue weighted by Crippen LogP contribution is 2.27. The lowest BCUT2D eigenvalue weighted by Crippen LogP contribution is -2.30. The fraction of sp³-hybridized carbons (Fsp3) is 0.100. The summed E-state index contributed by atoms with van der Waals surface area (Å²) in [7, 11) is 0. The van der Waals surface area contributed by atoms with E-state index < -0.39 is 40.6 Å². The second-order valence-corrected chi connectivity index (χ2v) is 3.28. The summed E-state index contributed by atoms with van der Waals surface area (Å²) in [4.78, 5) is 21.3. The van der Waals surface area contributed by atoms with E-state index >= 15 is 0 Å². The number of hydrogen-bond donors (Lipinski definition) is 3. The summed E-state index contributed by atoms with van der Waals surface area (Å²) >= 11 is 0. The van der Waals surface area contributed by atoms with Gasteiger partial charge in [-0.3, -0.25) is 4.79 Å². The number of alkyl halides is 3. The van der Waals surface area contributed by atoms with Crippen LogP contribution in [-0.2, 0) is 4.79 Å². The molecule has 0 aliphatic heterocycles. The van der Waals surface area contributed by atoms with E-state index in [2.05, 4.69) is 0 Å². The summed E-state index contributed by atoms with van der Waals surface area (Å²) in [6.45, 7) is 0. The number of aromatic carboxylic acids is 1. The second-order valence-electron chi connectivity index (χ2n) is 3.28. The molecule has 1 amide bonds. The Morgan fingerprint density at radius 1 is 1.32 bits per heavy atom. The van der Waals surface area contributed by atoms with Gasteiger partial charge in [0.25, 0.3) is 0 Å². The summed E-state index contributed by atoms with van der Waals surface area (Å²) in [6.07, 6.45) is -5.17. The Balaban J connectivity index is 3.24. The van der Waals surface area contributed by atoms with Crippen molar-refractivity contribution in [2.45, 2.75) is 6.18 Å². The number of aromatic hydroxyl groups is 1. The first-order chi connectivity index (χ1) is 8.66. The number of nitriles is 1. The molecule has 1 aromatic rings. The van der Waals surface area contributed by atoms with Crippen LogP contribution in [0.5, 0.6) is 5.75 Å². The molecule has 0 atom stereocenters. The third-order valence-corrected chi connectivity index (χ3v) is 1.99. The summed E-state index contributed by atoms with van der Waals surface area (Å²) in [6, 6.07) is 2.64. The van der Waals surface area contributed by atoms with Gasteiger partial charge in [0.15, 0.2) is 0 Å². The molecule has 1 aromatic carbocycles. The average Bonchev–Trinajstić information content (AvgIpc) is 2.27. The zero-order valence-corrected chi connectivity index (χ0v) is 8.95. The number of phenols is 1. The fourth-order valence-electron chi connectivity index (χ4n) is 1.15. The highest BCUT2D eigenvalue weighted by atomic mass is 19.4. The lowest BCUT2D eigenvalue weighted by atomic mass is 10.1. The van der Waals surface area contributed by atoms with Crippen LogP contribution < -0.4 is 5.32 Å². The first-order valence-corrected chi connectivity index (χ1v) is 4.55. The molecule has 0 aliphatic carbocycles. The number of benzene rings is 1. The van der Waals surface area contributed by atoms with E-state index in [-0.39, 0.29) is 0 Å². The van der Waals surface area contributed by atoms with Gasteiger partial charge in [0.05, 0.1) is 11.3 Å². The molecule has 0 spiro atoms. The Bertz CT molecular complexity index is 590. The summed E-state index contributed by atoms with van der Waals surface area (Å²) in [5.41, 5.74) is -1.82. The molecule has 19 heavy (non-hydrogen) atoms. The van der Waals surface area contributed by atoms with Gasteiger partial charge in [-0.15, -0.1) is 0 Å². The topological polar surface area (TPSA) is 110 Å². The maximum absolute atomic E-state index is 12.0. The Hall–Kier alpha value is -2.76. The van der Waals surface area contributed by atoms with Crippen LogP contribution >= 0.6 is 0 Å². The predicted octanol–water partition coefficient (Wildman–Crippen LogP) is 1.46. The number of rotatable bonds is 2. The van der Waals surface area contributed by atoms with Crippen molar-refractivity contribution in [3.63, 3.8) is 0 Å². The van der Waals surface area contributed by atoms with Crippen molar-refractivity contribution in [2.24, 2.45) is 0 Å². The standard InChI is InChI=1S/C10H5F3N2O4/c11-10(12,13)9(19)15-6-2-7(16)5(8(17)18)1-4(6)3-14/h1-2,16H,(H,15,19)(H,17,18). The quantitative estimate of drug-likeness (QED) is 0.756. The SMILES string of the molecule is N#Cc1cc(C(=O)O)c(O)cc1NC(=O)C(F)(F)F. The van der Waals surface area contributed by atoms with Gasteiger partial charge in [-0.2, -0.15) is 18.4 Å². The maximum atomic E-state index is 12.0. The zero-order valence-electron chi connectivity index (χ0n) is 8.95. The molecule has 0 radical (unpaired) electrons. The first kappa shape index (κ1) is 14.3. The van der Waals surface area contributed by atoms with Crippen molar-refractivity contribution in [3.05, 3.63) is 23.3 Å². The number of nitrogens with zero attached hydrogens (tertiary/aromatic N) is 1. The molecule has 0 heterocycles. The van der Waals surface area contributed by atoms with Crippen LogP contribution in [-0.4, -0.2) is 28.3 Å². The molecule has 0 fully saturated rings. The van der Waals surface area contributed by atoms with E-state index in [1.54, 1.807) is 0 Å². The Morgan fingerprint density at radius 2 is 1.89 bits per heavy atom. The molecular weight excluding hydrogens is 269 g/mol. The molecule has 3 N–H and O–H groups in total. The Morgan fingerprint density at radius 3 is 2.32 bits per heavy atom. The minimum atomic E-state index is -5.17. The summed E-state index contributed by atoms with van der Waals surface area (Å²) in [5, 5.41) is 28.0. The lowest BCUT2D eigenvalue weighted by molar-refractivity contribution is -0.167. The molecular formula is C10H5F3N2O4. The van der Waals surface area contributed by atoms with Crippen molar-refractivity contribution in [1.82, 2.24) is 0 Å². The first-order valence-electron chi connectivity index (χ1n) is 4.55. The predicted molar refractivity (Wildman–Crippen MR) is 54.5 cm³/mol. The molecule has 9 heteroatoms. The van der Waals surface area contributed by atoms with Crippen LogP contribution in [0.4, 0.5) is 18.9 Å². The summed E-state index contributed by atoms with van der Waals surface area (Å²) < 4.78 is 36.1. The van der Waals surface area contributed by atoms with Crippen LogP contribution in [0.1, 0.15) is 15.9 Å². The monoisotopic (exact) mass is 274 g/mol. The largest absolute Gasteiger partial charge is 0.507 e. The van der Waals surface area contributed by atoms with Gasteiger partial charge in [-0.1, -0.05) is 0 Å². The lowest BCUT2D eigenvalue weighted by Gasteiger charge is -2.10. The molecule has 0 unspecified atom stereocenters. The highest BCUT2D eigenvalue weighted by Gasteiger charge is 2.39. The van der Waals surface area contributed by atoms with Crippen molar-refractivity contribution in [3.8, 4) is 11.8 Å². The number of nitrogens with one attached hydrogen (secondary N) is 1. The molecule has 100 valence electrons. The van der Waals surface area contributed by atoms with Crippen molar-refractivity contribution < 1.29 is 33.0 Å². The molecule has 0 saturated heterocycles. The number of carboxylic acids is 1. The summed E-state index contributed by atoms with van der Waals surface area (Å²) in [5.74, 6) is -4.78. The number of anilines is 1. The maximum Gasteiger partial charge on any atom is 0.471 e. The third kappa shape index (κ3) is 3.12. The van der Waals surface area contributed by atoms with E-state index in [0.29, 0.717) is 12.1 Å². The van der Waals surface area contributed by atoms with Gasteiger partial charge in [0, 0.05) is 6.07 Å². The normalized spacial score (nSPS) is 10.6. The van der Waals surface area contributed by atoms with E-state index in [0.717, 1.165) is 0 Å². The minimum absolute atomic E-state index is 0.521. The van der Waals surface area contributed by atoms with Crippen LogP contribution in [0, 0.1) is 11.3 Å². The van der Waals surface area contributed by atoms with Crippen molar-refractivity contribution in [2.75, 3.05) is 5.32 Å². The van der Waals surface area contributed by atoms with Gasteiger partial charge in [0.1, 0.15) is 17.4 Å². The number of carbonyl (C=O) groups excluding carboxylic acids is 1. The number of carbonyl (C=O) groups is 2. The fourth-order valence-corrected chi connectivity index (χ4v) is 1.15. The molecule has 1 rings (SSSR count). The second kappa shape index (κ2) is 4.85. The molecule has 0 aliphatic rings. The zero-order chi connectivity index (χ0) is 14.8. The number of hydrogen-bond acceptors (Lipinski definition) is 4. The Kier molecular flexibility index (Phi) is 3.65. The van der Waals surface area contributed by atoms with Gasteiger partial charge < -0.3 is 15.5 Å². The molecule has 0 bridgehead atoms. The number of carboxylic acid groups (broad SMARTS) is 1. The van der Waals surface area contributed by atoms with Gasteiger partial charge in [0.2, 0.25) is 0 Å². The van der Waals surface area contributed by atoms with Crippen molar-refractivity contribution >= 4 is 17.6 Å². The van der Waals surface area contributed by atoms with E-state index in [1.165, 1.54) is 11.4 Å². The molecule has 6 nitrogen and oxygen atoms in total. The van der Waals surface area contributed by atoms with E-state index in [4.69, 9.17) is 10.4 Å². The third-order valence-electron chi connectivity index (χ3n) is 1.99. The van der Waals surface area contributed by atoms with Gasteiger partial charge in [-0.25, -0.2) is 4.79 Å². The Labute approximate surface area is 103 Å². The minimum Gasteiger partial charge on any atom is -0.507 e. The number of amides is 1. The smallest absolute Gasteiger partial charge is 0.471 e. The van der Waals surface area contributed by atoms with Crippen LogP contribution in [0.15, 0.2) is 12.1 Å². The van der Waals surface area contributed by atoms with Crippen LogP contribution in [0.25, 0.3) is 0 Å². The van der Waals surface area contributed by atoms with E-state index in [1.807, 2.05) is 0 Å². The van der Waals surface area contributed by atoms with Gasteiger partial charge in [-0.05, 0) is 6.07 Å². The average molecular weight is 274 g/mol.